The van der Waals surface area contributed by atoms with Gasteiger partial charge in [-0.25, -0.2) is 0 Å². The molecule has 0 aliphatic carbocycles. The molecule has 1 unspecified atom stereocenters. The standard InChI is InChI=1S/C65H51N5.Ir/c1-69-39-37-67-64(69)53-26-22-46(23-27-53)18-20-48-41-49(21-19-47-24-28-54(29-25-47)65-68-38-40-70(65)2)43-58(42-48)59-15-6-7-16-60(59)61-35-34-57(63-17-8-9-36-66-63)45-62(61)56-14-10-13-55(44-56)52-32-30-51(31-33-52)50-11-4-3-5-12-50;/h3-17,22-26,28,30-33,35-45,64H,18-21H2,1-2H3;/q-4;. The molecule has 0 fully saturated rings. The van der Waals surface area contributed by atoms with Gasteiger partial charge in [-0.3, -0.25) is 4.98 Å². The van der Waals surface area contributed by atoms with Crippen molar-refractivity contribution < 1.29 is 20.1 Å². The summed E-state index contributed by atoms with van der Waals surface area (Å²) in [7, 11) is 4.07. The van der Waals surface area contributed by atoms with E-state index in [0.717, 1.165) is 81.7 Å². The van der Waals surface area contributed by atoms with Crippen LogP contribution in [0.25, 0.3) is 83.6 Å². The zero-order valence-electron chi connectivity index (χ0n) is 39.8. The second-order valence-electron chi connectivity index (χ2n) is 18.1. The minimum Gasteiger partial charge on any atom is -0.668 e. The van der Waals surface area contributed by atoms with E-state index < -0.39 is 0 Å². The summed E-state index contributed by atoms with van der Waals surface area (Å²) < 4.78 is 2.03. The summed E-state index contributed by atoms with van der Waals surface area (Å²) in [6, 6.07) is 78.7. The molecule has 0 spiro atoms. The maximum absolute atomic E-state index is 4.74. The zero-order valence-corrected chi connectivity index (χ0v) is 42.2. The molecule has 0 N–H and O–H groups in total. The Morgan fingerprint density at radius 3 is 1.77 bits per heavy atom. The van der Waals surface area contributed by atoms with Gasteiger partial charge in [-0.2, -0.15) is 41.6 Å². The van der Waals surface area contributed by atoms with Crippen LogP contribution in [0, 0.1) is 18.2 Å². The quantitative estimate of drug-likeness (QED) is 0.102. The van der Waals surface area contributed by atoms with Gasteiger partial charge in [-0.15, -0.1) is 59.2 Å². The zero-order chi connectivity index (χ0) is 47.2. The van der Waals surface area contributed by atoms with Crippen LogP contribution in [0.15, 0.2) is 219 Å². The second kappa shape index (κ2) is 21.4. The Balaban J connectivity index is 0.00000582. The van der Waals surface area contributed by atoms with Gasteiger partial charge in [0.25, 0.3) is 0 Å². The van der Waals surface area contributed by atoms with Crippen molar-refractivity contribution in [2.75, 3.05) is 7.05 Å². The Morgan fingerprint density at radius 1 is 0.465 bits per heavy atom. The van der Waals surface area contributed by atoms with E-state index in [1.165, 1.54) is 50.1 Å². The average Bonchev–Trinajstić information content (AvgIpc) is 4.07. The number of pyridine rings is 1. The molecule has 349 valence electrons. The van der Waals surface area contributed by atoms with Crippen molar-refractivity contribution in [3.63, 3.8) is 0 Å². The monoisotopic (exact) mass is 1090 g/mol. The predicted molar refractivity (Wildman–Crippen MR) is 286 cm³/mol. The molecule has 3 heterocycles. The van der Waals surface area contributed by atoms with Crippen molar-refractivity contribution in [3.05, 3.63) is 270 Å². The summed E-state index contributed by atoms with van der Waals surface area (Å²) in [6.45, 7) is 0. The molecule has 0 saturated heterocycles. The first-order valence-corrected chi connectivity index (χ1v) is 24.0. The van der Waals surface area contributed by atoms with E-state index >= 15 is 0 Å². The number of benzene rings is 8. The summed E-state index contributed by atoms with van der Waals surface area (Å²) in [5.41, 5.74) is 20.7. The molecule has 1 atom stereocenters. The molecule has 8 aromatic carbocycles. The summed E-state index contributed by atoms with van der Waals surface area (Å²) in [5.74, 6) is 0.918. The van der Waals surface area contributed by atoms with Crippen LogP contribution in [0.4, 0.5) is 0 Å². The molecule has 6 heteroatoms. The van der Waals surface area contributed by atoms with Gasteiger partial charge in [0.15, 0.2) is 0 Å². The normalized spacial score (nSPS) is 12.9. The van der Waals surface area contributed by atoms with Crippen molar-refractivity contribution in [2.45, 2.75) is 31.8 Å². The Kier molecular flexibility index (Phi) is 14.1. The Labute approximate surface area is 431 Å². The van der Waals surface area contributed by atoms with Gasteiger partial charge in [0.2, 0.25) is 0 Å². The van der Waals surface area contributed by atoms with Crippen molar-refractivity contribution in [2.24, 2.45) is 7.05 Å². The molecular formula is C65H51IrN5-4. The van der Waals surface area contributed by atoms with Crippen molar-refractivity contribution in [3.8, 4) is 78.3 Å². The Morgan fingerprint density at radius 2 is 1.11 bits per heavy atom. The van der Waals surface area contributed by atoms with Gasteiger partial charge in [0.05, 0.1) is 5.82 Å². The number of rotatable bonds is 14. The van der Waals surface area contributed by atoms with Crippen LogP contribution >= 0.6 is 0 Å². The number of aromatic nitrogens is 3. The first-order chi connectivity index (χ1) is 34.5. The number of nitrogens with zero attached hydrogens (tertiary/aromatic N) is 5. The molecular weight excluding hydrogens is 1040 g/mol. The van der Waals surface area contributed by atoms with Crippen LogP contribution in [0.1, 0.15) is 34.0 Å². The fourth-order valence-electron chi connectivity index (χ4n) is 9.60. The fraction of sp³-hybridized carbons (Fsp3) is 0.108. The van der Waals surface area contributed by atoms with Gasteiger partial charge < -0.3 is 19.8 Å². The van der Waals surface area contributed by atoms with E-state index in [9.17, 15) is 0 Å². The topological polar surface area (TPSA) is 48.1 Å². The summed E-state index contributed by atoms with van der Waals surface area (Å²) in [5, 5.41) is 4.62. The smallest absolute Gasteiger partial charge is 0.0555 e. The third-order valence-electron chi connectivity index (χ3n) is 13.4. The van der Waals surface area contributed by atoms with E-state index in [2.05, 4.69) is 216 Å². The molecule has 1 aliphatic rings. The molecule has 71 heavy (non-hydrogen) atoms. The van der Waals surface area contributed by atoms with Crippen LogP contribution in [0.5, 0.6) is 0 Å². The van der Waals surface area contributed by atoms with Gasteiger partial charge in [0.1, 0.15) is 0 Å². The Hall–Kier alpha value is -7.89. The van der Waals surface area contributed by atoms with Gasteiger partial charge in [0, 0.05) is 52.8 Å². The summed E-state index contributed by atoms with van der Waals surface area (Å²) >= 11 is 0. The first-order valence-electron chi connectivity index (χ1n) is 24.0. The molecule has 0 bridgehead atoms. The van der Waals surface area contributed by atoms with Crippen LogP contribution in [0.3, 0.4) is 0 Å². The third kappa shape index (κ3) is 10.5. The number of aryl methyl sites for hydroxylation is 5. The van der Waals surface area contributed by atoms with E-state index in [1.807, 2.05) is 54.7 Å². The second-order valence-corrected chi connectivity index (χ2v) is 18.1. The predicted octanol–water partition coefficient (Wildman–Crippen LogP) is 15.2. The van der Waals surface area contributed by atoms with E-state index in [0.29, 0.717) is 0 Å². The maximum atomic E-state index is 4.74. The van der Waals surface area contributed by atoms with Gasteiger partial charge >= 0.3 is 0 Å². The molecule has 10 aromatic rings. The first kappa shape index (κ1) is 46.8. The molecule has 2 aromatic heterocycles. The number of imidazole rings is 1. The minimum absolute atomic E-state index is 0. The summed E-state index contributed by atoms with van der Waals surface area (Å²) in [4.78, 5) is 11.4. The molecule has 0 amide bonds. The van der Waals surface area contributed by atoms with Gasteiger partial charge in [-0.05, 0) is 93.1 Å². The SMILES string of the molecule is CN1C=C[N-]C1c1[c-]cc(CCc2cc(CCc3c[c-]c(-c4nccn4C)cc3)cc(-c3ccccc3-c3c[c-]c(-c4ccccn4)cc3-c3cccc(-c4ccc(-c5ccccc5)cc4)c3)c2)cc1.[Ir]. The van der Waals surface area contributed by atoms with Crippen molar-refractivity contribution in [1.29, 1.82) is 0 Å². The molecule has 1 radical (unpaired) electrons. The van der Waals surface area contributed by atoms with E-state index in [1.54, 1.807) is 0 Å². The molecule has 1 aliphatic heterocycles. The van der Waals surface area contributed by atoms with Gasteiger partial charge in [-0.1, -0.05) is 157 Å². The van der Waals surface area contributed by atoms with Crippen LogP contribution in [-0.4, -0.2) is 26.5 Å². The van der Waals surface area contributed by atoms with E-state index in [4.69, 9.17) is 4.98 Å². The fourth-order valence-corrected chi connectivity index (χ4v) is 9.60. The van der Waals surface area contributed by atoms with Crippen LogP contribution < -0.4 is 0 Å². The average molecular weight is 1090 g/mol. The van der Waals surface area contributed by atoms with Crippen LogP contribution in [0.2, 0.25) is 0 Å². The number of hydrogen-bond acceptors (Lipinski definition) is 3. The minimum atomic E-state index is -0.0113. The third-order valence-corrected chi connectivity index (χ3v) is 13.4. The van der Waals surface area contributed by atoms with Crippen molar-refractivity contribution in [1.82, 2.24) is 19.4 Å². The Bertz CT molecular complexity index is 3420. The molecule has 5 nitrogen and oxygen atoms in total. The maximum Gasteiger partial charge on any atom is 0.0555 e. The largest absolute Gasteiger partial charge is 0.668 e. The number of hydrogen-bond donors (Lipinski definition) is 0. The summed E-state index contributed by atoms with van der Waals surface area (Å²) in [6.07, 6.45) is 13.1. The molecule has 0 saturated carbocycles. The van der Waals surface area contributed by atoms with Crippen molar-refractivity contribution >= 4 is 0 Å². The van der Waals surface area contributed by atoms with Crippen LogP contribution in [-0.2, 0) is 52.8 Å². The van der Waals surface area contributed by atoms with E-state index in [-0.39, 0.29) is 26.3 Å². The molecule has 11 rings (SSSR count).